The number of methoxy groups -OCH3 is 1. The summed E-state index contributed by atoms with van der Waals surface area (Å²) in [5.74, 6) is 0.429. The molecule has 0 N–H and O–H groups in total. The minimum absolute atomic E-state index is 0.238. The summed E-state index contributed by atoms with van der Waals surface area (Å²) in [5, 5.41) is 0. The maximum Gasteiger partial charge on any atom is 0.226 e. The summed E-state index contributed by atoms with van der Waals surface area (Å²) in [6, 6.07) is 7.21. The summed E-state index contributed by atoms with van der Waals surface area (Å²) in [7, 11) is 0.0780. The van der Waals surface area contributed by atoms with Crippen LogP contribution in [0.4, 0.5) is 0 Å². The number of Topliss-reactive ketones (excluding diaryl/α,β-unsaturated/α-hetero) is 1. The van der Waals surface area contributed by atoms with Crippen molar-refractivity contribution < 1.29 is 22.4 Å². The smallest absolute Gasteiger partial charge is 0.226 e. The van der Waals surface area contributed by atoms with Gasteiger partial charge in [-0.25, -0.2) is 13.4 Å². The monoisotopic (exact) mass is 463 g/mol. The first-order valence-corrected chi connectivity index (χ1v) is 12.8. The molecule has 0 spiro atoms. The van der Waals surface area contributed by atoms with Crippen LogP contribution in [-0.2, 0) is 20.4 Å². The fourth-order valence-electron chi connectivity index (χ4n) is 3.75. The van der Waals surface area contributed by atoms with E-state index >= 15 is 0 Å². The Balaban J connectivity index is 1.48. The standard InChI is InChI=1S/C23H33N3O5S/c1-18-22(24-23(31-18)19-7-6-9-21(15-19)30-3)17-32(28,29)16-20(27)8-4-5-10-26-13-11-25(2)12-14-26/h6-7,9,15H,4-5,8,10-14,16-17H2,1-3H3. The number of oxazole rings is 1. The predicted molar refractivity (Wildman–Crippen MR) is 124 cm³/mol. The Bertz CT molecular complexity index is 1010. The average Bonchev–Trinajstić information content (AvgIpc) is 3.11. The highest BCUT2D eigenvalue weighted by Gasteiger charge is 2.22. The van der Waals surface area contributed by atoms with E-state index in [4.69, 9.17) is 9.15 Å². The van der Waals surface area contributed by atoms with E-state index in [0.717, 1.165) is 39.1 Å². The second-order valence-electron chi connectivity index (χ2n) is 8.43. The Morgan fingerprint density at radius 2 is 1.94 bits per heavy atom. The molecule has 0 radical (unpaired) electrons. The van der Waals surface area contributed by atoms with Gasteiger partial charge in [-0.3, -0.25) is 4.79 Å². The lowest BCUT2D eigenvalue weighted by molar-refractivity contribution is -0.116. The van der Waals surface area contributed by atoms with Crippen molar-refractivity contribution in [2.45, 2.75) is 31.9 Å². The van der Waals surface area contributed by atoms with Gasteiger partial charge in [0.2, 0.25) is 5.89 Å². The number of ether oxygens (including phenoxy) is 1. The Kier molecular flexibility index (Phi) is 8.44. The van der Waals surface area contributed by atoms with Gasteiger partial charge in [0, 0.05) is 38.2 Å². The topological polar surface area (TPSA) is 92.9 Å². The summed E-state index contributed by atoms with van der Waals surface area (Å²) < 4.78 is 36.0. The molecule has 0 amide bonds. The highest BCUT2D eigenvalue weighted by atomic mass is 32.2. The fraction of sp³-hybridized carbons (Fsp3) is 0.565. The molecule has 2 heterocycles. The summed E-state index contributed by atoms with van der Waals surface area (Å²) in [5.41, 5.74) is 1.04. The van der Waals surface area contributed by atoms with Crippen molar-refractivity contribution in [3.8, 4) is 17.2 Å². The molecule has 1 aliphatic heterocycles. The lowest BCUT2D eigenvalue weighted by Crippen LogP contribution is -2.44. The van der Waals surface area contributed by atoms with E-state index in [0.29, 0.717) is 41.5 Å². The highest BCUT2D eigenvalue weighted by molar-refractivity contribution is 7.91. The summed E-state index contributed by atoms with van der Waals surface area (Å²) in [6.45, 7) is 6.87. The lowest BCUT2D eigenvalue weighted by atomic mass is 10.2. The number of hydrogen-bond acceptors (Lipinski definition) is 8. The first kappa shape index (κ1) is 24.4. The molecular weight excluding hydrogens is 430 g/mol. The van der Waals surface area contributed by atoms with E-state index in [1.54, 1.807) is 26.2 Å². The molecule has 0 saturated carbocycles. The number of nitrogens with zero attached hydrogens (tertiary/aromatic N) is 3. The molecule has 0 atom stereocenters. The van der Waals surface area contributed by atoms with Crippen LogP contribution < -0.4 is 4.74 Å². The van der Waals surface area contributed by atoms with Crippen LogP contribution in [0.25, 0.3) is 11.5 Å². The number of piperazine rings is 1. The lowest BCUT2D eigenvalue weighted by Gasteiger charge is -2.32. The van der Waals surface area contributed by atoms with Gasteiger partial charge in [-0.15, -0.1) is 0 Å². The van der Waals surface area contributed by atoms with E-state index in [9.17, 15) is 13.2 Å². The van der Waals surface area contributed by atoms with Gasteiger partial charge >= 0.3 is 0 Å². The normalized spacial score (nSPS) is 15.7. The minimum atomic E-state index is -3.61. The van der Waals surface area contributed by atoms with Gasteiger partial charge < -0.3 is 19.0 Å². The third kappa shape index (κ3) is 7.15. The van der Waals surface area contributed by atoms with E-state index < -0.39 is 15.6 Å². The molecule has 1 aromatic carbocycles. The molecule has 0 aliphatic carbocycles. The van der Waals surface area contributed by atoms with Crippen LogP contribution in [-0.4, -0.2) is 81.6 Å². The summed E-state index contributed by atoms with van der Waals surface area (Å²) in [6.07, 6.45) is 1.91. The number of unbranched alkanes of at least 4 members (excludes halogenated alkanes) is 1. The van der Waals surface area contributed by atoms with Gasteiger partial charge in [0.05, 0.1) is 18.6 Å². The molecule has 1 aliphatic rings. The van der Waals surface area contributed by atoms with E-state index in [-0.39, 0.29) is 11.5 Å². The molecule has 1 saturated heterocycles. The van der Waals surface area contributed by atoms with Gasteiger partial charge in [-0.1, -0.05) is 6.07 Å². The first-order valence-electron chi connectivity index (χ1n) is 11.0. The Morgan fingerprint density at radius 3 is 2.66 bits per heavy atom. The number of carbonyl (C=O) groups is 1. The third-order valence-corrected chi connectivity index (χ3v) is 7.20. The number of rotatable bonds is 11. The Labute approximate surface area is 190 Å². The molecule has 176 valence electrons. The predicted octanol–water partition coefficient (Wildman–Crippen LogP) is 2.56. The molecular formula is C23H33N3O5S. The van der Waals surface area contributed by atoms with Gasteiger partial charge in [-0.2, -0.15) is 0 Å². The fourth-order valence-corrected chi connectivity index (χ4v) is 5.17. The number of hydrogen-bond donors (Lipinski definition) is 0. The maximum atomic E-state index is 12.6. The molecule has 8 nitrogen and oxygen atoms in total. The van der Waals surface area contributed by atoms with Crippen LogP contribution >= 0.6 is 0 Å². The van der Waals surface area contributed by atoms with Crippen LogP contribution in [0.2, 0.25) is 0 Å². The highest BCUT2D eigenvalue weighted by Crippen LogP contribution is 2.26. The zero-order chi connectivity index (χ0) is 23.1. The summed E-state index contributed by atoms with van der Waals surface area (Å²) in [4.78, 5) is 21.3. The van der Waals surface area contributed by atoms with Gasteiger partial charge in [-0.05, 0) is 51.6 Å². The SMILES string of the molecule is COc1cccc(-c2nc(CS(=O)(=O)CC(=O)CCCCN3CCN(C)CC3)c(C)o2)c1. The molecule has 32 heavy (non-hydrogen) atoms. The third-order valence-electron chi connectivity index (χ3n) is 5.72. The number of benzene rings is 1. The second kappa shape index (κ2) is 11.1. The zero-order valence-electron chi connectivity index (χ0n) is 19.2. The van der Waals surface area contributed by atoms with E-state index in [1.807, 2.05) is 12.1 Å². The zero-order valence-corrected chi connectivity index (χ0v) is 20.0. The number of sulfone groups is 1. The van der Waals surface area contributed by atoms with Crippen LogP contribution in [0.5, 0.6) is 5.75 Å². The second-order valence-corrected chi connectivity index (χ2v) is 10.5. The molecule has 9 heteroatoms. The molecule has 0 bridgehead atoms. The van der Waals surface area contributed by atoms with Crippen molar-refractivity contribution in [2.24, 2.45) is 0 Å². The summed E-state index contributed by atoms with van der Waals surface area (Å²) >= 11 is 0. The van der Waals surface area contributed by atoms with Crippen LogP contribution in [0.15, 0.2) is 28.7 Å². The molecule has 3 rings (SSSR count). The van der Waals surface area contributed by atoms with Crippen LogP contribution in [0, 0.1) is 6.92 Å². The Morgan fingerprint density at radius 1 is 1.19 bits per heavy atom. The maximum absolute atomic E-state index is 12.6. The first-order chi connectivity index (χ1) is 15.3. The molecule has 2 aromatic rings. The van der Waals surface area contributed by atoms with Crippen molar-refractivity contribution >= 4 is 15.6 Å². The van der Waals surface area contributed by atoms with Gasteiger partial charge in [0.1, 0.15) is 23.0 Å². The van der Waals surface area contributed by atoms with Crippen molar-refractivity contribution in [3.63, 3.8) is 0 Å². The Hall–Kier alpha value is -2.23. The number of carbonyl (C=O) groups excluding carboxylic acids is 1. The van der Waals surface area contributed by atoms with Gasteiger partial charge in [0.15, 0.2) is 9.84 Å². The van der Waals surface area contributed by atoms with Crippen LogP contribution in [0.1, 0.15) is 30.7 Å². The number of aryl methyl sites for hydroxylation is 1. The minimum Gasteiger partial charge on any atom is -0.497 e. The molecule has 0 unspecified atom stereocenters. The average molecular weight is 464 g/mol. The van der Waals surface area contributed by atoms with Crippen LogP contribution in [0.3, 0.4) is 0 Å². The number of ketones is 1. The number of aromatic nitrogens is 1. The van der Waals surface area contributed by atoms with Crippen molar-refractivity contribution in [3.05, 3.63) is 35.7 Å². The molecule has 1 fully saturated rings. The molecule has 1 aromatic heterocycles. The van der Waals surface area contributed by atoms with E-state index in [1.165, 1.54) is 0 Å². The quantitative estimate of drug-likeness (QED) is 0.470. The van der Waals surface area contributed by atoms with Crippen molar-refractivity contribution in [1.29, 1.82) is 0 Å². The van der Waals surface area contributed by atoms with Crippen molar-refractivity contribution in [1.82, 2.24) is 14.8 Å². The van der Waals surface area contributed by atoms with Gasteiger partial charge in [0.25, 0.3) is 0 Å². The van der Waals surface area contributed by atoms with E-state index in [2.05, 4.69) is 21.8 Å². The van der Waals surface area contributed by atoms with Crippen molar-refractivity contribution in [2.75, 3.05) is 52.6 Å². The largest absolute Gasteiger partial charge is 0.497 e. The number of likely N-dealkylation sites (N-methyl/N-ethyl adjacent to an activating group) is 1.